The van der Waals surface area contributed by atoms with Crippen molar-refractivity contribution < 1.29 is 9.53 Å². The van der Waals surface area contributed by atoms with E-state index in [4.69, 9.17) is 4.74 Å². The molecular weight excluding hydrogens is 328 g/mol. The lowest BCUT2D eigenvalue weighted by atomic mass is 9.91. The van der Waals surface area contributed by atoms with Gasteiger partial charge in [-0.15, -0.1) is 0 Å². The Morgan fingerprint density at radius 1 is 1.12 bits per heavy atom. The quantitative estimate of drug-likeness (QED) is 0.795. The van der Waals surface area contributed by atoms with E-state index in [0.29, 0.717) is 6.04 Å². The van der Waals surface area contributed by atoms with Crippen molar-refractivity contribution in [1.82, 2.24) is 10.2 Å². The van der Waals surface area contributed by atoms with E-state index in [1.165, 1.54) is 11.1 Å². The monoisotopic (exact) mass is 352 g/mol. The summed E-state index contributed by atoms with van der Waals surface area (Å²) in [4.78, 5) is 14.8. The third-order valence-corrected chi connectivity index (χ3v) is 5.13. The predicted octanol–water partition coefficient (Wildman–Crippen LogP) is 2.84. The normalized spacial score (nSPS) is 19.2. The van der Waals surface area contributed by atoms with Gasteiger partial charge >= 0.3 is 6.03 Å². The van der Waals surface area contributed by atoms with Crippen LogP contribution >= 0.6 is 0 Å². The zero-order valence-electron chi connectivity index (χ0n) is 14.9. The molecule has 2 aromatic rings. The summed E-state index contributed by atoms with van der Waals surface area (Å²) in [5.41, 5.74) is 4.26. The molecule has 2 aliphatic heterocycles. The first-order valence-electron chi connectivity index (χ1n) is 9.02. The van der Waals surface area contributed by atoms with Crippen molar-refractivity contribution in [2.24, 2.45) is 0 Å². The molecule has 1 saturated heterocycles. The van der Waals surface area contributed by atoms with E-state index in [2.05, 4.69) is 33.0 Å². The number of carbonyl (C=O) groups excluding carboxylic acids is 1. The number of methoxy groups -OCH3 is 1. The number of benzene rings is 2. The van der Waals surface area contributed by atoms with Crippen LogP contribution in [0.25, 0.3) is 0 Å². The second-order valence-corrected chi connectivity index (χ2v) is 6.73. The summed E-state index contributed by atoms with van der Waals surface area (Å²) >= 11 is 0. The van der Waals surface area contributed by atoms with Crippen LogP contribution in [0.15, 0.2) is 42.5 Å². The van der Waals surface area contributed by atoms with Gasteiger partial charge in [0.1, 0.15) is 5.75 Å². The number of rotatable bonds is 3. The van der Waals surface area contributed by atoms with Gasteiger partial charge < -0.3 is 20.7 Å². The molecule has 0 aromatic heterocycles. The van der Waals surface area contributed by atoms with E-state index in [9.17, 15) is 4.79 Å². The lowest BCUT2D eigenvalue weighted by molar-refractivity contribution is 0.152. The Morgan fingerprint density at radius 2 is 1.88 bits per heavy atom. The highest BCUT2D eigenvalue weighted by atomic mass is 16.5. The SMILES string of the molecule is COc1ccc(NC(=O)Nc2ccc3c(c2)CCN2CCNC[C@@H]32)cc1. The zero-order valence-corrected chi connectivity index (χ0v) is 14.9. The Balaban J connectivity index is 1.43. The number of urea groups is 1. The maximum Gasteiger partial charge on any atom is 0.323 e. The number of nitrogens with zero attached hydrogens (tertiary/aromatic N) is 1. The number of ether oxygens (including phenoxy) is 1. The standard InChI is InChI=1S/C20H24N4O2/c1-26-17-5-2-15(3-6-17)22-20(25)23-16-4-7-18-14(12-16)8-10-24-11-9-21-13-19(18)24/h2-7,12,19,21H,8-11,13H2,1H3,(H2,22,23,25)/t19-/m0/s1. The van der Waals surface area contributed by atoms with Gasteiger partial charge in [-0.05, 0) is 53.9 Å². The molecule has 0 spiro atoms. The second kappa shape index (κ2) is 7.35. The first-order chi connectivity index (χ1) is 12.7. The third kappa shape index (κ3) is 3.52. The van der Waals surface area contributed by atoms with Crippen molar-refractivity contribution in [1.29, 1.82) is 0 Å². The topological polar surface area (TPSA) is 65.6 Å². The maximum absolute atomic E-state index is 12.3. The van der Waals surface area contributed by atoms with Gasteiger partial charge in [0.2, 0.25) is 0 Å². The van der Waals surface area contributed by atoms with E-state index < -0.39 is 0 Å². The van der Waals surface area contributed by atoms with E-state index in [1.807, 2.05) is 30.3 Å². The molecule has 0 radical (unpaired) electrons. The minimum absolute atomic E-state index is 0.244. The van der Waals surface area contributed by atoms with Gasteiger partial charge in [-0.2, -0.15) is 0 Å². The Bertz CT molecular complexity index is 791. The molecular formula is C20H24N4O2. The molecule has 0 bridgehead atoms. The molecule has 0 aliphatic carbocycles. The summed E-state index contributed by atoms with van der Waals surface area (Å²) in [5, 5.41) is 9.25. The molecule has 0 unspecified atom stereocenters. The molecule has 2 aliphatic rings. The molecule has 1 atom stereocenters. The van der Waals surface area contributed by atoms with E-state index >= 15 is 0 Å². The Labute approximate surface area is 153 Å². The minimum atomic E-state index is -0.244. The van der Waals surface area contributed by atoms with Crippen LogP contribution < -0.4 is 20.7 Å². The van der Waals surface area contributed by atoms with Crippen LogP contribution in [0, 0.1) is 0 Å². The fourth-order valence-corrected chi connectivity index (χ4v) is 3.78. The van der Waals surface area contributed by atoms with Crippen LogP contribution in [0.5, 0.6) is 5.75 Å². The molecule has 2 aromatic carbocycles. The number of amides is 2. The summed E-state index contributed by atoms with van der Waals surface area (Å²) in [6, 6.07) is 13.7. The molecule has 6 heteroatoms. The molecule has 3 N–H and O–H groups in total. The fraction of sp³-hybridized carbons (Fsp3) is 0.350. The first-order valence-corrected chi connectivity index (χ1v) is 9.02. The number of fused-ring (bicyclic) bond motifs is 3. The van der Waals surface area contributed by atoms with Crippen molar-refractivity contribution in [2.45, 2.75) is 12.5 Å². The van der Waals surface area contributed by atoms with Crippen LogP contribution in [0.1, 0.15) is 17.2 Å². The Kier molecular flexibility index (Phi) is 4.77. The highest BCUT2D eigenvalue weighted by molar-refractivity contribution is 5.99. The van der Waals surface area contributed by atoms with Crippen LogP contribution in [-0.2, 0) is 6.42 Å². The summed E-state index contributed by atoms with van der Waals surface area (Å²) < 4.78 is 5.12. The predicted molar refractivity (Wildman–Crippen MR) is 103 cm³/mol. The summed E-state index contributed by atoms with van der Waals surface area (Å²) in [6.45, 7) is 4.25. The maximum atomic E-state index is 12.3. The number of anilines is 2. The lowest BCUT2D eigenvalue weighted by Crippen LogP contribution is -2.48. The van der Waals surface area contributed by atoms with Crippen molar-refractivity contribution in [2.75, 3.05) is 43.9 Å². The lowest BCUT2D eigenvalue weighted by Gasteiger charge is -2.41. The van der Waals surface area contributed by atoms with Crippen molar-refractivity contribution in [3.05, 3.63) is 53.6 Å². The minimum Gasteiger partial charge on any atom is -0.497 e. The van der Waals surface area contributed by atoms with Crippen molar-refractivity contribution >= 4 is 17.4 Å². The van der Waals surface area contributed by atoms with Gasteiger partial charge in [0.25, 0.3) is 0 Å². The number of piperazine rings is 1. The highest BCUT2D eigenvalue weighted by Crippen LogP contribution is 2.32. The van der Waals surface area contributed by atoms with Gasteiger partial charge in [-0.3, -0.25) is 4.90 Å². The average Bonchev–Trinajstić information content (AvgIpc) is 2.68. The van der Waals surface area contributed by atoms with Crippen LogP contribution in [-0.4, -0.2) is 44.2 Å². The Morgan fingerprint density at radius 3 is 2.69 bits per heavy atom. The molecule has 136 valence electrons. The third-order valence-electron chi connectivity index (χ3n) is 5.13. The van der Waals surface area contributed by atoms with Crippen molar-refractivity contribution in [3.8, 4) is 5.75 Å². The molecule has 2 heterocycles. The van der Waals surface area contributed by atoms with E-state index in [-0.39, 0.29) is 6.03 Å². The molecule has 2 amide bonds. The van der Waals surface area contributed by atoms with Gasteiger partial charge in [-0.1, -0.05) is 6.07 Å². The molecule has 0 saturated carbocycles. The summed E-state index contributed by atoms with van der Waals surface area (Å²) in [6.07, 6.45) is 1.03. The first kappa shape index (κ1) is 16.9. The van der Waals surface area contributed by atoms with Gasteiger partial charge in [0.05, 0.1) is 7.11 Å². The highest BCUT2D eigenvalue weighted by Gasteiger charge is 2.29. The second-order valence-electron chi connectivity index (χ2n) is 6.73. The average molecular weight is 352 g/mol. The van der Waals surface area contributed by atoms with Gasteiger partial charge in [0, 0.05) is 43.6 Å². The fourth-order valence-electron chi connectivity index (χ4n) is 3.78. The van der Waals surface area contributed by atoms with Crippen LogP contribution in [0.4, 0.5) is 16.2 Å². The number of carbonyl (C=O) groups is 1. The largest absolute Gasteiger partial charge is 0.497 e. The molecule has 26 heavy (non-hydrogen) atoms. The van der Waals surface area contributed by atoms with E-state index in [1.54, 1.807) is 7.11 Å². The summed E-state index contributed by atoms with van der Waals surface area (Å²) in [5.74, 6) is 0.761. The van der Waals surface area contributed by atoms with Gasteiger partial charge in [-0.25, -0.2) is 4.79 Å². The number of nitrogens with one attached hydrogen (secondary N) is 3. The number of hydrogen-bond acceptors (Lipinski definition) is 4. The number of hydrogen-bond donors (Lipinski definition) is 3. The molecule has 4 rings (SSSR count). The van der Waals surface area contributed by atoms with Gasteiger partial charge in [0.15, 0.2) is 0 Å². The Hall–Kier alpha value is -2.57. The van der Waals surface area contributed by atoms with E-state index in [0.717, 1.165) is 49.7 Å². The van der Waals surface area contributed by atoms with Crippen LogP contribution in [0.2, 0.25) is 0 Å². The molecule has 1 fully saturated rings. The summed E-state index contributed by atoms with van der Waals surface area (Å²) in [7, 11) is 1.62. The molecule has 6 nitrogen and oxygen atoms in total. The van der Waals surface area contributed by atoms with Crippen molar-refractivity contribution in [3.63, 3.8) is 0 Å². The smallest absolute Gasteiger partial charge is 0.323 e. The van der Waals surface area contributed by atoms with Crippen LogP contribution in [0.3, 0.4) is 0 Å². The zero-order chi connectivity index (χ0) is 17.9.